The SMILES string of the molecule is CN=C(NCC(C)Oc1ccccc1F)NCC1CN2CCN1CC2. The van der Waals surface area contributed by atoms with Gasteiger partial charge < -0.3 is 15.4 Å². The highest BCUT2D eigenvalue weighted by atomic mass is 19.1. The Morgan fingerprint density at radius 2 is 2.04 bits per heavy atom. The minimum Gasteiger partial charge on any atom is -0.486 e. The number of rotatable bonds is 6. The van der Waals surface area contributed by atoms with Crippen LogP contribution in [0.25, 0.3) is 0 Å². The zero-order chi connectivity index (χ0) is 17.6. The number of halogens is 1. The van der Waals surface area contributed by atoms with Crippen LogP contribution >= 0.6 is 0 Å². The zero-order valence-corrected chi connectivity index (χ0v) is 15.0. The van der Waals surface area contributed by atoms with E-state index < -0.39 is 0 Å². The fraction of sp³-hybridized carbons (Fsp3) is 0.611. The van der Waals surface area contributed by atoms with Gasteiger partial charge in [-0.05, 0) is 19.1 Å². The van der Waals surface area contributed by atoms with Gasteiger partial charge in [0.2, 0.25) is 0 Å². The molecule has 0 aromatic heterocycles. The van der Waals surface area contributed by atoms with Crippen molar-refractivity contribution in [3.63, 3.8) is 0 Å². The molecule has 2 bridgehead atoms. The summed E-state index contributed by atoms with van der Waals surface area (Å²) in [6.45, 7) is 9.15. The third-order valence-corrected chi connectivity index (χ3v) is 4.84. The Bertz CT molecular complexity index is 589. The maximum absolute atomic E-state index is 13.6. The van der Waals surface area contributed by atoms with E-state index in [1.54, 1.807) is 25.2 Å². The summed E-state index contributed by atoms with van der Waals surface area (Å²) in [4.78, 5) is 9.33. The molecule has 0 radical (unpaired) electrons. The quantitative estimate of drug-likeness (QED) is 0.587. The Morgan fingerprint density at radius 1 is 1.28 bits per heavy atom. The van der Waals surface area contributed by atoms with Crippen LogP contribution in [0.15, 0.2) is 29.3 Å². The highest BCUT2D eigenvalue weighted by Gasteiger charge is 2.31. The highest BCUT2D eigenvalue weighted by molar-refractivity contribution is 5.79. The highest BCUT2D eigenvalue weighted by Crippen LogP contribution is 2.17. The second-order valence-electron chi connectivity index (χ2n) is 6.68. The van der Waals surface area contributed by atoms with Crippen molar-refractivity contribution in [1.82, 2.24) is 20.4 Å². The molecular weight excluding hydrogens is 321 g/mol. The number of guanidine groups is 1. The average Bonchev–Trinajstić information content (AvgIpc) is 2.65. The molecule has 0 saturated carbocycles. The zero-order valence-electron chi connectivity index (χ0n) is 15.0. The van der Waals surface area contributed by atoms with Crippen LogP contribution in [0.5, 0.6) is 5.75 Å². The van der Waals surface area contributed by atoms with Crippen molar-refractivity contribution >= 4 is 5.96 Å². The summed E-state index contributed by atoms with van der Waals surface area (Å²) in [5.41, 5.74) is 0. The van der Waals surface area contributed by atoms with Crippen LogP contribution in [0.2, 0.25) is 0 Å². The van der Waals surface area contributed by atoms with E-state index in [1.165, 1.54) is 19.2 Å². The number of nitrogens with zero attached hydrogens (tertiary/aromatic N) is 3. The van der Waals surface area contributed by atoms with Gasteiger partial charge in [-0.1, -0.05) is 12.1 Å². The molecule has 2 N–H and O–H groups in total. The van der Waals surface area contributed by atoms with E-state index in [9.17, 15) is 4.39 Å². The van der Waals surface area contributed by atoms with Crippen molar-refractivity contribution in [2.24, 2.45) is 4.99 Å². The Balaban J connectivity index is 1.41. The maximum atomic E-state index is 13.6. The normalized spacial score (nSPS) is 27.0. The molecule has 25 heavy (non-hydrogen) atoms. The Morgan fingerprint density at radius 3 is 2.68 bits per heavy atom. The fourth-order valence-electron chi connectivity index (χ4n) is 3.39. The number of piperazine rings is 3. The van der Waals surface area contributed by atoms with Crippen LogP contribution in [0, 0.1) is 5.82 Å². The van der Waals surface area contributed by atoms with Gasteiger partial charge in [-0.2, -0.15) is 0 Å². The molecule has 7 heteroatoms. The monoisotopic (exact) mass is 349 g/mol. The molecule has 138 valence electrons. The lowest BCUT2D eigenvalue weighted by Gasteiger charge is -2.47. The van der Waals surface area contributed by atoms with Crippen molar-refractivity contribution in [2.45, 2.75) is 19.1 Å². The lowest BCUT2D eigenvalue weighted by Crippen LogP contribution is -2.64. The molecule has 0 spiro atoms. The molecule has 3 aliphatic heterocycles. The third kappa shape index (κ3) is 4.83. The van der Waals surface area contributed by atoms with E-state index >= 15 is 0 Å². The van der Waals surface area contributed by atoms with Gasteiger partial charge in [-0.3, -0.25) is 14.8 Å². The van der Waals surface area contributed by atoms with Crippen LogP contribution < -0.4 is 15.4 Å². The first-order valence-electron chi connectivity index (χ1n) is 8.98. The van der Waals surface area contributed by atoms with Gasteiger partial charge in [-0.15, -0.1) is 0 Å². The number of para-hydroxylation sites is 1. The van der Waals surface area contributed by atoms with Crippen molar-refractivity contribution < 1.29 is 9.13 Å². The molecule has 3 fully saturated rings. The Labute approximate surface area is 149 Å². The molecule has 4 rings (SSSR count). The number of ether oxygens (including phenoxy) is 1. The number of fused-ring (bicyclic) bond motifs is 3. The molecule has 2 unspecified atom stereocenters. The van der Waals surface area contributed by atoms with Crippen molar-refractivity contribution in [3.8, 4) is 5.75 Å². The van der Waals surface area contributed by atoms with Gasteiger partial charge in [0.05, 0.1) is 6.54 Å². The Kier molecular flexibility index (Phi) is 6.09. The molecule has 1 aromatic carbocycles. The molecule has 3 heterocycles. The summed E-state index contributed by atoms with van der Waals surface area (Å²) in [5.74, 6) is 0.690. The summed E-state index contributed by atoms with van der Waals surface area (Å²) in [7, 11) is 1.76. The largest absolute Gasteiger partial charge is 0.486 e. The van der Waals surface area contributed by atoms with E-state index in [4.69, 9.17) is 4.74 Å². The van der Waals surface area contributed by atoms with Crippen molar-refractivity contribution in [1.29, 1.82) is 0 Å². The second-order valence-corrected chi connectivity index (χ2v) is 6.68. The number of hydrogen-bond acceptors (Lipinski definition) is 4. The first-order chi connectivity index (χ1) is 12.2. The number of benzene rings is 1. The van der Waals surface area contributed by atoms with Crippen LogP contribution in [-0.2, 0) is 0 Å². The van der Waals surface area contributed by atoms with Gasteiger partial charge in [-0.25, -0.2) is 4.39 Å². The maximum Gasteiger partial charge on any atom is 0.191 e. The number of hydrogen-bond donors (Lipinski definition) is 2. The summed E-state index contributed by atoms with van der Waals surface area (Å²) in [6.07, 6.45) is -0.170. The predicted molar refractivity (Wildman–Crippen MR) is 97.7 cm³/mol. The van der Waals surface area contributed by atoms with Crippen LogP contribution in [-0.4, -0.2) is 80.8 Å². The van der Waals surface area contributed by atoms with Crippen molar-refractivity contribution in [2.75, 3.05) is 52.9 Å². The van der Waals surface area contributed by atoms with E-state index in [-0.39, 0.29) is 17.7 Å². The molecular formula is C18H28FN5O. The lowest BCUT2D eigenvalue weighted by molar-refractivity contribution is 0.0154. The molecule has 3 saturated heterocycles. The summed E-state index contributed by atoms with van der Waals surface area (Å²) in [5, 5.41) is 6.65. The second kappa shape index (κ2) is 8.49. The lowest BCUT2D eigenvalue weighted by atomic mass is 10.1. The number of aliphatic imine (C=N–C) groups is 1. The average molecular weight is 349 g/mol. The van der Waals surface area contributed by atoms with E-state index in [1.807, 2.05) is 6.92 Å². The minimum atomic E-state index is -0.340. The van der Waals surface area contributed by atoms with Gasteiger partial charge in [0.25, 0.3) is 0 Å². The van der Waals surface area contributed by atoms with Crippen molar-refractivity contribution in [3.05, 3.63) is 30.1 Å². The first kappa shape index (κ1) is 17.9. The van der Waals surface area contributed by atoms with Crippen LogP contribution in [0.1, 0.15) is 6.92 Å². The molecule has 0 aliphatic carbocycles. The standard InChI is InChI=1S/C18H28FN5O/c1-14(25-17-6-4-3-5-16(17)19)11-21-18(20-2)22-12-15-13-23-7-9-24(15)10-8-23/h3-6,14-15H,7-13H2,1-2H3,(H2,20,21,22). The molecule has 0 amide bonds. The van der Waals surface area contributed by atoms with E-state index in [0.717, 1.165) is 32.1 Å². The molecule has 6 nitrogen and oxygen atoms in total. The number of nitrogens with one attached hydrogen (secondary N) is 2. The smallest absolute Gasteiger partial charge is 0.191 e. The fourth-order valence-corrected chi connectivity index (χ4v) is 3.39. The molecule has 3 aliphatic rings. The first-order valence-corrected chi connectivity index (χ1v) is 8.98. The van der Waals surface area contributed by atoms with Gasteiger partial charge >= 0.3 is 0 Å². The molecule has 1 aromatic rings. The predicted octanol–water partition coefficient (Wildman–Crippen LogP) is 0.758. The van der Waals surface area contributed by atoms with Crippen LogP contribution in [0.4, 0.5) is 4.39 Å². The summed E-state index contributed by atoms with van der Waals surface area (Å²) in [6, 6.07) is 7.00. The van der Waals surface area contributed by atoms with Gasteiger partial charge in [0, 0.05) is 52.4 Å². The topological polar surface area (TPSA) is 52.1 Å². The summed E-state index contributed by atoms with van der Waals surface area (Å²) >= 11 is 0. The third-order valence-electron chi connectivity index (χ3n) is 4.84. The summed E-state index contributed by atoms with van der Waals surface area (Å²) < 4.78 is 19.3. The van der Waals surface area contributed by atoms with Crippen LogP contribution in [0.3, 0.4) is 0 Å². The van der Waals surface area contributed by atoms with Gasteiger partial charge in [0.15, 0.2) is 17.5 Å². The minimum absolute atomic E-state index is 0.170. The van der Waals surface area contributed by atoms with E-state index in [0.29, 0.717) is 12.6 Å². The molecule has 2 atom stereocenters. The Hall–Kier alpha value is -1.86. The van der Waals surface area contributed by atoms with Gasteiger partial charge in [0.1, 0.15) is 6.10 Å². The van der Waals surface area contributed by atoms with E-state index in [2.05, 4.69) is 25.4 Å².